The minimum atomic E-state index is 0.0250. The summed E-state index contributed by atoms with van der Waals surface area (Å²) in [5.41, 5.74) is 3.96. The minimum absolute atomic E-state index is 0.0250. The van der Waals surface area contributed by atoms with Gasteiger partial charge in [0.2, 0.25) is 0 Å². The van der Waals surface area contributed by atoms with E-state index in [1.807, 2.05) is 36.4 Å². The monoisotopic (exact) mass is 317 g/mol. The summed E-state index contributed by atoms with van der Waals surface area (Å²) >= 11 is 0. The molecule has 4 rings (SSSR count). The summed E-state index contributed by atoms with van der Waals surface area (Å²) in [5.74, 6) is 0.169. The van der Waals surface area contributed by atoms with Gasteiger partial charge in [0.1, 0.15) is 0 Å². The molecule has 2 nitrogen and oxygen atoms in total. The highest BCUT2D eigenvalue weighted by molar-refractivity contribution is 6.16. The lowest BCUT2D eigenvalue weighted by atomic mass is 9.93. The number of rotatable bonds is 3. The average Bonchev–Trinajstić information content (AvgIpc) is 2.90. The Hall–Kier alpha value is -2.19. The zero-order chi connectivity index (χ0) is 16.4. The number of hydrogen-bond donors (Lipinski definition) is 1. The van der Waals surface area contributed by atoms with Crippen molar-refractivity contribution in [1.82, 2.24) is 5.32 Å². The molecule has 1 unspecified atom stereocenters. The van der Waals surface area contributed by atoms with E-state index < -0.39 is 0 Å². The van der Waals surface area contributed by atoms with Crippen LogP contribution in [0.2, 0.25) is 0 Å². The number of hydrogen-bond acceptors (Lipinski definition) is 2. The Balaban J connectivity index is 1.70. The molecule has 0 spiro atoms. The van der Waals surface area contributed by atoms with Gasteiger partial charge < -0.3 is 5.32 Å². The molecule has 2 heteroatoms. The highest BCUT2D eigenvalue weighted by Crippen LogP contribution is 2.38. The molecule has 122 valence electrons. The van der Waals surface area contributed by atoms with Gasteiger partial charge in [-0.05, 0) is 30.0 Å². The van der Waals surface area contributed by atoms with E-state index in [9.17, 15) is 4.79 Å². The van der Waals surface area contributed by atoms with E-state index in [0.717, 1.165) is 22.3 Å². The molecule has 24 heavy (non-hydrogen) atoms. The van der Waals surface area contributed by atoms with Gasteiger partial charge in [0.25, 0.3) is 0 Å². The third-order valence-corrected chi connectivity index (χ3v) is 5.22. The van der Waals surface area contributed by atoms with Gasteiger partial charge in [0.15, 0.2) is 5.78 Å². The lowest BCUT2D eigenvalue weighted by molar-refractivity contribution is 0.103. The van der Waals surface area contributed by atoms with Crippen LogP contribution in [-0.4, -0.2) is 11.8 Å². The average molecular weight is 317 g/mol. The second-order valence-corrected chi connectivity index (χ2v) is 6.86. The molecule has 0 bridgehead atoms. The predicted octanol–water partition coefficient (Wildman–Crippen LogP) is 4.93. The number of carbonyl (C=O) groups excluding carboxylic acids is 1. The van der Waals surface area contributed by atoms with Crippen molar-refractivity contribution >= 4 is 11.9 Å². The van der Waals surface area contributed by atoms with E-state index in [4.69, 9.17) is 0 Å². The number of fused-ring (bicyclic) bond motifs is 1. The van der Waals surface area contributed by atoms with Crippen LogP contribution in [0.5, 0.6) is 0 Å². The Morgan fingerprint density at radius 2 is 1.58 bits per heavy atom. The van der Waals surface area contributed by atoms with Crippen LogP contribution in [0.3, 0.4) is 0 Å². The first kappa shape index (κ1) is 15.3. The number of benzene rings is 2. The van der Waals surface area contributed by atoms with Crippen molar-refractivity contribution in [3.8, 4) is 0 Å². The molecule has 2 aliphatic rings. The molecule has 0 aliphatic heterocycles. The van der Waals surface area contributed by atoms with Crippen LogP contribution in [0.15, 0.2) is 60.2 Å². The van der Waals surface area contributed by atoms with Crippen LogP contribution in [0.25, 0.3) is 6.08 Å². The van der Waals surface area contributed by atoms with Crippen molar-refractivity contribution < 1.29 is 4.79 Å². The number of Topliss-reactive ketones (excluding diaryl/α,β-unsaturated/α-hetero) is 1. The van der Waals surface area contributed by atoms with Crippen LogP contribution in [-0.2, 0) is 0 Å². The van der Waals surface area contributed by atoms with Crippen molar-refractivity contribution in [2.45, 2.75) is 44.2 Å². The summed E-state index contributed by atoms with van der Waals surface area (Å²) in [5, 5.41) is 3.79. The fourth-order valence-electron chi connectivity index (χ4n) is 3.97. The Labute approximate surface area is 143 Å². The van der Waals surface area contributed by atoms with E-state index in [-0.39, 0.29) is 11.8 Å². The van der Waals surface area contributed by atoms with Crippen molar-refractivity contribution in [3.05, 3.63) is 76.9 Å². The second-order valence-electron chi connectivity index (χ2n) is 6.86. The molecule has 2 aromatic rings. The van der Waals surface area contributed by atoms with Gasteiger partial charge in [0, 0.05) is 17.2 Å². The Morgan fingerprint density at radius 1 is 0.875 bits per heavy atom. The predicted molar refractivity (Wildman–Crippen MR) is 97.9 cm³/mol. The van der Waals surface area contributed by atoms with E-state index in [0.29, 0.717) is 6.04 Å². The van der Waals surface area contributed by atoms with E-state index in [1.165, 1.54) is 32.1 Å². The third kappa shape index (κ3) is 2.94. The SMILES string of the molecule is O=C1/C(=C/c2ccccc2)C(NC2CCCCC2)c2ccccc21. The van der Waals surface area contributed by atoms with Gasteiger partial charge in [-0.1, -0.05) is 73.9 Å². The topological polar surface area (TPSA) is 29.1 Å². The molecule has 1 saturated carbocycles. The zero-order valence-corrected chi connectivity index (χ0v) is 13.9. The largest absolute Gasteiger partial charge is 0.303 e. The summed E-state index contributed by atoms with van der Waals surface area (Å²) < 4.78 is 0. The van der Waals surface area contributed by atoms with Crippen LogP contribution in [0.4, 0.5) is 0 Å². The van der Waals surface area contributed by atoms with Gasteiger partial charge in [-0.2, -0.15) is 0 Å². The van der Waals surface area contributed by atoms with Gasteiger partial charge in [0.05, 0.1) is 6.04 Å². The molecule has 2 aliphatic carbocycles. The molecule has 0 aromatic heterocycles. The smallest absolute Gasteiger partial charge is 0.191 e. The first-order chi connectivity index (χ1) is 11.8. The molecule has 0 heterocycles. The van der Waals surface area contributed by atoms with E-state index in [2.05, 4.69) is 29.6 Å². The molecule has 0 radical (unpaired) electrons. The normalized spacial score (nSPS) is 22.8. The first-order valence-electron chi connectivity index (χ1n) is 8.99. The van der Waals surface area contributed by atoms with Crippen LogP contribution in [0, 0.1) is 0 Å². The maximum atomic E-state index is 12.9. The zero-order valence-electron chi connectivity index (χ0n) is 13.9. The highest BCUT2D eigenvalue weighted by Gasteiger charge is 2.35. The standard InChI is InChI=1S/C22H23NO/c24-22-19-14-8-7-13-18(19)21(23-17-11-5-2-6-12-17)20(22)15-16-9-3-1-4-10-16/h1,3-4,7-10,13-15,17,21,23H,2,5-6,11-12H2/b20-15+. The van der Waals surface area contributed by atoms with Crippen molar-refractivity contribution in [2.24, 2.45) is 0 Å². The third-order valence-electron chi connectivity index (χ3n) is 5.22. The molecule has 1 atom stereocenters. The Bertz CT molecular complexity index is 757. The summed E-state index contributed by atoms with van der Waals surface area (Å²) in [6, 6.07) is 18.7. The Kier molecular flexibility index (Phi) is 4.31. The quantitative estimate of drug-likeness (QED) is 0.813. The molecule has 0 saturated heterocycles. The van der Waals surface area contributed by atoms with E-state index >= 15 is 0 Å². The Morgan fingerprint density at radius 3 is 2.38 bits per heavy atom. The number of ketones is 1. The highest BCUT2D eigenvalue weighted by atomic mass is 16.1. The number of nitrogens with one attached hydrogen (secondary N) is 1. The van der Waals surface area contributed by atoms with Gasteiger partial charge >= 0.3 is 0 Å². The maximum Gasteiger partial charge on any atom is 0.191 e. The van der Waals surface area contributed by atoms with Crippen molar-refractivity contribution in [2.75, 3.05) is 0 Å². The van der Waals surface area contributed by atoms with Crippen molar-refractivity contribution in [1.29, 1.82) is 0 Å². The lowest BCUT2D eigenvalue weighted by Gasteiger charge is -2.27. The number of carbonyl (C=O) groups is 1. The molecule has 0 amide bonds. The fraction of sp³-hybridized carbons (Fsp3) is 0.318. The first-order valence-corrected chi connectivity index (χ1v) is 8.99. The van der Waals surface area contributed by atoms with Crippen LogP contribution >= 0.6 is 0 Å². The van der Waals surface area contributed by atoms with E-state index in [1.54, 1.807) is 0 Å². The fourth-order valence-corrected chi connectivity index (χ4v) is 3.97. The summed E-state index contributed by atoms with van der Waals surface area (Å²) in [7, 11) is 0. The second kappa shape index (κ2) is 6.74. The summed E-state index contributed by atoms with van der Waals surface area (Å²) in [4.78, 5) is 12.9. The summed E-state index contributed by atoms with van der Waals surface area (Å²) in [6.45, 7) is 0. The summed E-state index contributed by atoms with van der Waals surface area (Å²) in [6.07, 6.45) is 8.40. The maximum absolute atomic E-state index is 12.9. The molecular formula is C22H23NO. The molecular weight excluding hydrogens is 294 g/mol. The van der Waals surface area contributed by atoms with Gasteiger partial charge in [-0.25, -0.2) is 0 Å². The van der Waals surface area contributed by atoms with Crippen LogP contribution < -0.4 is 5.32 Å². The molecule has 2 aromatic carbocycles. The van der Waals surface area contributed by atoms with Crippen LogP contribution in [0.1, 0.15) is 59.6 Å². The van der Waals surface area contributed by atoms with Crippen molar-refractivity contribution in [3.63, 3.8) is 0 Å². The van der Waals surface area contributed by atoms with Gasteiger partial charge in [-0.15, -0.1) is 0 Å². The van der Waals surface area contributed by atoms with Gasteiger partial charge in [-0.3, -0.25) is 4.79 Å². The lowest BCUT2D eigenvalue weighted by Crippen LogP contribution is -2.34. The molecule has 1 N–H and O–H groups in total. The molecule has 1 fully saturated rings. The minimum Gasteiger partial charge on any atom is -0.303 e.